The fraction of sp³-hybridized carbons (Fsp3) is 0.467. The van der Waals surface area contributed by atoms with E-state index in [1.807, 2.05) is 48.5 Å². The second-order valence-corrected chi connectivity index (χ2v) is 11.8. The van der Waals surface area contributed by atoms with Crippen molar-refractivity contribution >= 4 is 22.5 Å². The van der Waals surface area contributed by atoms with E-state index in [1.54, 1.807) is 17.7 Å². The molecule has 5 rings (SSSR count). The highest BCUT2D eigenvalue weighted by Crippen LogP contribution is 2.54. The lowest BCUT2D eigenvalue weighted by molar-refractivity contribution is -0.130. The number of carbonyl (C=O) groups is 1. The quantitative estimate of drug-likeness (QED) is 0.478. The molecule has 2 unspecified atom stereocenters. The number of carbonyl (C=O) groups excluding carboxylic acids is 1. The van der Waals surface area contributed by atoms with Crippen molar-refractivity contribution in [1.82, 2.24) is 4.57 Å². The third kappa shape index (κ3) is 4.73. The molecule has 0 spiro atoms. The van der Waals surface area contributed by atoms with Gasteiger partial charge in [-0.05, 0) is 85.3 Å². The molecule has 1 amide bonds. The molecule has 184 valence electrons. The summed E-state index contributed by atoms with van der Waals surface area (Å²) in [5.41, 5.74) is 2.57. The van der Waals surface area contributed by atoms with Gasteiger partial charge < -0.3 is 14.6 Å². The summed E-state index contributed by atoms with van der Waals surface area (Å²) in [7, 11) is 1.64. The molecule has 2 aromatic carbocycles. The van der Waals surface area contributed by atoms with Crippen LogP contribution < -0.4 is 15.6 Å². The van der Waals surface area contributed by atoms with Crippen molar-refractivity contribution in [2.45, 2.75) is 59.4 Å². The first-order chi connectivity index (χ1) is 16.7. The summed E-state index contributed by atoms with van der Waals surface area (Å²) in [6.07, 6.45) is 5.58. The Morgan fingerprint density at radius 2 is 1.66 bits per heavy atom. The molecule has 2 atom stereocenters. The van der Waals surface area contributed by atoms with Gasteiger partial charge in [0.25, 0.3) is 5.56 Å². The van der Waals surface area contributed by atoms with E-state index in [4.69, 9.17) is 4.74 Å². The predicted octanol–water partition coefficient (Wildman–Crippen LogP) is 6.24. The van der Waals surface area contributed by atoms with E-state index in [-0.39, 0.29) is 16.9 Å². The number of nitrogens with one attached hydrogen (secondary N) is 1. The molecule has 1 N–H and O–H groups in total. The number of anilines is 1. The molecule has 0 aliphatic heterocycles. The maximum Gasteiger partial charge on any atom is 0.251 e. The largest absolute Gasteiger partial charge is 0.497 e. The lowest BCUT2D eigenvalue weighted by atomic mass is 9.55. The zero-order chi connectivity index (χ0) is 24.8. The van der Waals surface area contributed by atoms with Crippen LogP contribution in [0.5, 0.6) is 5.75 Å². The van der Waals surface area contributed by atoms with Gasteiger partial charge in [-0.2, -0.15) is 0 Å². The number of rotatable bonds is 5. The molecule has 2 saturated carbocycles. The van der Waals surface area contributed by atoms with Crippen molar-refractivity contribution in [2.75, 3.05) is 12.4 Å². The molecule has 2 aliphatic rings. The van der Waals surface area contributed by atoms with Crippen molar-refractivity contribution in [3.05, 3.63) is 70.5 Å². The number of nitrogens with zero attached hydrogens (tertiary/aromatic N) is 1. The molecule has 0 saturated heterocycles. The van der Waals surface area contributed by atoms with Crippen molar-refractivity contribution < 1.29 is 9.53 Å². The molecule has 0 radical (unpaired) electrons. The number of aromatic nitrogens is 1. The van der Waals surface area contributed by atoms with Crippen LogP contribution in [0.15, 0.2) is 59.4 Å². The lowest BCUT2D eigenvalue weighted by Gasteiger charge is -2.49. The maximum absolute atomic E-state index is 13.6. The highest BCUT2D eigenvalue weighted by Gasteiger charge is 2.47. The van der Waals surface area contributed by atoms with Gasteiger partial charge in [0.1, 0.15) is 5.75 Å². The SMILES string of the molecule is COc1ccc(Cn2c(=O)ccc3c(NC(=O)C4(C)CC5CC(CC(C)(C)C5)C4)cccc32)cc1. The Kier molecular flexibility index (Phi) is 5.98. The number of fused-ring (bicyclic) bond motifs is 3. The van der Waals surface area contributed by atoms with Crippen LogP contribution in [0.1, 0.15) is 58.4 Å². The minimum atomic E-state index is -0.357. The standard InChI is InChI=1S/C30H36N2O3/c1-29(2)15-21-14-22(16-29)18-30(3,17-21)28(34)31-25-6-5-7-26-24(25)12-13-27(33)32(26)19-20-8-10-23(35-4)11-9-20/h5-13,21-22H,14-19H2,1-4H3,(H,31,34). The van der Waals surface area contributed by atoms with Gasteiger partial charge in [-0.15, -0.1) is 0 Å². The summed E-state index contributed by atoms with van der Waals surface area (Å²) in [6.45, 7) is 7.34. The van der Waals surface area contributed by atoms with Crippen LogP contribution in [0.3, 0.4) is 0 Å². The smallest absolute Gasteiger partial charge is 0.251 e. The van der Waals surface area contributed by atoms with Crippen LogP contribution in [-0.4, -0.2) is 17.6 Å². The van der Waals surface area contributed by atoms with E-state index < -0.39 is 0 Å². The van der Waals surface area contributed by atoms with Gasteiger partial charge in [0, 0.05) is 16.9 Å². The molecular formula is C30H36N2O3. The monoisotopic (exact) mass is 472 g/mol. The van der Waals surface area contributed by atoms with E-state index in [0.717, 1.165) is 40.7 Å². The van der Waals surface area contributed by atoms with Crippen molar-refractivity contribution in [2.24, 2.45) is 22.7 Å². The van der Waals surface area contributed by atoms with Gasteiger partial charge in [-0.25, -0.2) is 0 Å². The second kappa shape index (κ2) is 8.85. The molecule has 1 aromatic heterocycles. The zero-order valence-corrected chi connectivity index (χ0v) is 21.3. The Hall–Kier alpha value is -3.08. The molecule has 5 heteroatoms. The fourth-order valence-electron chi connectivity index (χ4n) is 6.92. The van der Waals surface area contributed by atoms with Gasteiger partial charge in [0.15, 0.2) is 0 Å². The Bertz CT molecular complexity index is 1290. The first-order valence-corrected chi connectivity index (χ1v) is 12.7. The fourth-order valence-corrected chi connectivity index (χ4v) is 6.92. The van der Waals surface area contributed by atoms with E-state index >= 15 is 0 Å². The van der Waals surface area contributed by atoms with Crippen LogP contribution in [0, 0.1) is 22.7 Å². The lowest BCUT2D eigenvalue weighted by Crippen LogP contribution is -2.45. The predicted molar refractivity (Wildman–Crippen MR) is 141 cm³/mol. The topological polar surface area (TPSA) is 60.3 Å². The van der Waals surface area contributed by atoms with Crippen molar-refractivity contribution in [1.29, 1.82) is 0 Å². The number of hydrogen-bond acceptors (Lipinski definition) is 3. The summed E-state index contributed by atoms with van der Waals surface area (Å²) in [5.74, 6) is 2.13. The van der Waals surface area contributed by atoms with Crippen LogP contribution >= 0.6 is 0 Å². The van der Waals surface area contributed by atoms with Gasteiger partial charge in [0.05, 0.1) is 24.9 Å². The number of amides is 1. The number of hydrogen-bond donors (Lipinski definition) is 1. The molecule has 3 aromatic rings. The Balaban J connectivity index is 1.42. The van der Waals surface area contributed by atoms with E-state index in [1.165, 1.54) is 19.3 Å². The molecule has 2 fully saturated rings. The van der Waals surface area contributed by atoms with Crippen LogP contribution in [0.25, 0.3) is 10.9 Å². The third-order valence-corrected chi connectivity index (χ3v) is 8.16. The Labute approximate surface area is 207 Å². The summed E-state index contributed by atoms with van der Waals surface area (Å²) >= 11 is 0. The number of pyridine rings is 1. The molecule has 1 heterocycles. The highest BCUT2D eigenvalue weighted by molar-refractivity contribution is 6.03. The van der Waals surface area contributed by atoms with Gasteiger partial charge >= 0.3 is 0 Å². The highest BCUT2D eigenvalue weighted by atomic mass is 16.5. The summed E-state index contributed by atoms with van der Waals surface area (Å²) < 4.78 is 7.02. The molecular weight excluding hydrogens is 436 g/mol. The number of benzene rings is 2. The summed E-state index contributed by atoms with van der Waals surface area (Å²) in [5, 5.41) is 4.14. The van der Waals surface area contributed by atoms with Crippen molar-refractivity contribution in [3.8, 4) is 5.75 Å². The Morgan fingerprint density at radius 1 is 0.971 bits per heavy atom. The van der Waals surface area contributed by atoms with Crippen LogP contribution in [0.2, 0.25) is 0 Å². The maximum atomic E-state index is 13.6. The van der Waals surface area contributed by atoms with E-state index in [2.05, 4.69) is 26.1 Å². The van der Waals surface area contributed by atoms with E-state index in [0.29, 0.717) is 23.8 Å². The third-order valence-electron chi connectivity index (χ3n) is 8.16. The molecule has 2 bridgehead atoms. The minimum absolute atomic E-state index is 0.0634. The van der Waals surface area contributed by atoms with Crippen molar-refractivity contribution in [3.63, 3.8) is 0 Å². The number of ether oxygens (including phenoxy) is 1. The molecule has 2 aliphatic carbocycles. The first kappa shape index (κ1) is 23.7. The van der Waals surface area contributed by atoms with Gasteiger partial charge in [-0.1, -0.05) is 39.0 Å². The number of methoxy groups -OCH3 is 1. The molecule has 5 nitrogen and oxygen atoms in total. The summed E-state index contributed by atoms with van der Waals surface area (Å²) in [6, 6.07) is 17.0. The average Bonchev–Trinajstić information content (AvgIpc) is 2.80. The minimum Gasteiger partial charge on any atom is -0.497 e. The molecule has 35 heavy (non-hydrogen) atoms. The Morgan fingerprint density at radius 3 is 2.31 bits per heavy atom. The first-order valence-electron chi connectivity index (χ1n) is 12.7. The van der Waals surface area contributed by atoms with Crippen LogP contribution in [-0.2, 0) is 11.3 Å². The van der Waals surface area contributed by atoms with Crippen LogP contribution in [0.4, 0.5) is 5.69 Å². The van der Waals surface area contributed by atoms with E-state index in [9.17, 15) is 9.59 Å². The normalized spacial score (nSPS) is 25.3. The summed E-state index contributed by atoms with van der Waals surface area (Å²) in [4.78, 5) is 26.4. The second-order valence-electron chi connectivity index (χ2n) is 11.8. The van der Waals surface area contributed by atoms with Gasteiger partial charge in [-0.3, -0.25) is 9.59 Å². The zero-order valence-electron chi connectivity index (χ0n) is 21.3. The average molecular weight is 473 g/mol. The van der Waals surface area contributed by atoms with Gasteiger partial charge in [0.2, 0.25) is 5.91 Å².